The van der Waals surface area contributed by atoms with Crippen LogP contribution in [0, 0.1) is 22.7 Å². The standard InChI is InChI=1S/C45H49NO12/c1-24-31(57-42(53)36(49)35(26-15-9-6-10-16-26)46-40(51)27-17-11-7-12-18-27)22-45(54)39(58-41(52)28-19-13-8-14-20-28)34-29-23-55-30(29)21-32(48)44(34,5)38(50)37(56-25(2)47)33(24)43(45,3)4/h6-20,29-32,34-37,39,48-49,54H,21-23H2,1-5H3,(H,46,51)/t29-,30-,31+,32+,34+,35+,36-,37-,39+,44-,45-/m1/s1. The molecule has 1 heterocycles. The van der Waals surface area contributed by atoms with Crippen LogP contribution in [0.15, 0.2) is 102 Å². The Bertz CT molecular complexity index is 2100. The average molecular weight is 796 g/mol. The van der Waals surface area contributed by atoms with E-state index in [0.717, 1.165) is 6.92 Å². The number of rotatable bonds is 9. The molecule has 1 amide bonds. The van der Waals surface area contributed by atoms with Gasteiger partial charge in [-0.25, -0.2) is 9.59 Å². The highest BCUT2D eigenvalue weighted by atomic mass is 16.6. The maximum Gasteiger partial charge on any atom is 0.338 e. The molecule has 7 rings (SSSR count). The fourth-order valence-electron chi connectivity index (χ4n) is 9.73. The molecule has 3 fully saturated rings. The van der Waals surface area contributed by atoms with Gasteiger partial charge in [0.15, 0.2) is 18.0 Å². The number of nitrogens with one attached hydrogen (secondary N) is 1. The Labute approximate surface area is 336 Å². The molecule has 3 aromatic rings. The summed E-state index contributed by atoms with van der Waals surface area (Å²) in [6, 6.07) is 23.5. The summed E-state index contributed by atoms with van der Waals surface area (Å²) in [4.78, 5) is 69.7. The summed E-state index contributed by atoms with van der Waals surface area (Å²) in [7, 11) is 0. The number of amides is 1. The van der Waals surface area contributed by atoms with Gasteiger partial charge in [-0.3, -0.25) is 14.4 Å². The number of esters is 3. The van der Waals surface area contributed by atoms with Crippen LogP contribution < -0.4 is 5.32 Å². The van der Waals surface area contributed by atoms with Crippen molar-refractivity contribution in [3.63, 3.8) is 0 Å². The Morgan fingerprint density at radius 2 is 1.45 bits per heavy atom. The van der Waals surface area contributed by atoms with Crippen molar-refractivity contribution in [2.75, 3.05) is 6.61 Å². The smallest absolute Gasteiger partial charge is 0.338 e. The van der Waals surface area contributed by atoms with Crippen LogP contribution in [0.25, 0.3) is 0 Å². The minimum Gasteiger partial charge on any atom is -0.456 e. The van der Waals surface area contributed by atoms with Crippen LogP contribution in [0.4, 0.5) is 0 Å². The third-order valence-corrected chi connectivity index (χ3v) is 13.1. The lowest BCUT2D eigenvalue weighted by molar-refractivity contribution is -0.277. The Morgan fingerprint density at radius 1 is 0.862 bits per heavy atom. The van der Waals surface area contributed by atoms with Crippen LogP contribution in [0.5, 0.6) is 0 Å². The number of hydrogen-bond acceptors (Lipinski definition) is 12. The third-order valence-electron chi connectivity index (χ3n) is 13.1. The van der Waals surface area contributed by atoms with E-state index in [9.17, 15) is 34.5 Å². The predicted octanol–water partition coefficient (Wildman–Crippen LogP) is 4.05. The van der Waals surface area contributed by atoms with Crippen LogP contribution in [0.3, 0.4) is 0 Å². The SMILES string of the molecule is CC(=O)O[C@H]1C(=O)[C@@]2(C)[C@@H]([C@@H]3CO[C@@H]3C[C@@H]2O)[C@H](OC(=O)c2ccccc2)[C@]2(O)C[C@H](OC(=O)[C@H](O)[C@@H](NC(=O)c3ccccc3)c3ccccc3)C(C)=C1C2(C)C. The molecule has 3 aliphatic carbocycles. The maximum atomic E-state index is 15.2. The fraction of sp³-hybridized carbons (Fsp3) is 0.444. The van der Waals surface area contributed by atoms with E-state index in [1.165, 1.54) is 0 Å². The van der Waals surface area contributed by atoms with E-state index in [0.29, 0.717) is 5.56 Å². The number of hydrogen-bond donors (Lipinski definition) is 4. The summed E-state index contributed by atoms with van der Waals surface area (Å²) < 4.78 is 24.2. The van der Waals surface area contributed by atoms with Gasteiger partial charge in [0.05, 0.1) is 35.8 Å². The van der Waals surface area contributed by atoms with Gasteiger partial charge in [0.25, 0.3) is 5.91 Å². The molecule has 2 bridgehead atoms. The molecule has 3 aromatic carbocycles. The Balaban J connectivity index is 1.34. The van der Waals surface area contributed by atoms with Crippen molar-refractivity contribution in [2.45, 2.75) is 95.7 Å². The van der Waals surface area contributed by atoms with Crippen molar-refractivity contribution in [1.82, 2.24) is 5.32 Å². The zero-order valence-electron chi connectivity index (χ0n) is 33.0. The quantitative estimate of drug-likeness (QED) is 0.138. The highest BCUT2D eigenvalue weighted by molar-refractivity contribution is 5.96. The molecule has 1 aliphatic heterocycles. The first-order valence-corrected chi connectivity index (χ1v) is 19.5. The van der Waals surface area contributed by atoms with E-state index >= 15 is 4.79 Å². The molecular formula is C45H49NO12. The first-order valence-electron chi connectivity index (χ1n) is 19.5. The minimum atomic E-state index is -2.16. The summed E-state index contributed by atoms with van der Waals surface area (Å²) in [6.07, 6.45) is -8.69. The van der Waals surface area contributed by atoms with Crippen molar-refractivity contribution in [3.8, 4) is 0 Å². The normalized spacial score (nSPS) is 32.1. The first-order chi connectivity index (χ1) is 27.5. The van der Waals surface area contributed by atoms with Gasteiger partial charge in [-0.1, -0.05) is 80.6 Å². The van der Waals surface area contributed by atoms with Crippen LogP contribution in [-0.4, -0.2) is 93.7 Å². The lowest BCUT2D eigenvalue weighted by Gasteiger charge is -2.64. The van der Waals surface area contributed by atoms with E-state index in [1.807, 2.05) is 0 Å². The maximum absolute atomic E-state index is 15.2. The van der Waals surface area contributed by atoms with Gasteiger partial charge in [0, 0.05) is 42.6 Å². The van der Waals surface area contributed by atoms with Gasteiger partial charge in [0.2, 0.25) is 0 Å². The lowest BCUT2D eigenvalue weighted by Crippen LogP contribution is -2.75. The molecule has 13 heteroatoms. The summed E-state index contributed by atoms with van der Waals surface area (Å²) in [5, 5.41) is 39.8. The lowest BCUT2D eigenvalue weighted by atomic mass is 9.46. The number of carbonyl (C=O) groups is 5. The van der Waals surface area contributed by atoms with Crippen molar-refractivity contribution in [2.24, 2.45) is 22.7 Å². The van der Waals surface area contributed by atoms with Crippen LogP contribution >= 0.6 is 0 Å². The number of carbonyl (C=O) groups excluding carboxylic acids is 5. The van der Waals surface area contributed by atoms with E-state index in [2.05, 4.69) is 5.32 Å². The summed E-state index contributed by atoms with van der Waals surface area (Å²) in [5.41, 5.74) is -4.16. The number of fused-ring (bicyclic) bond motifs is 5. The average Bonchev–Trinajstić information content (AvgIpc) is 3.20. The molecule has 1 saturated heterocycles. The van der Waals surface area contributed by atoms with Crippen molar-refractivity contribution < 1.29 is 58.2 Å². The Kier molecular flexibility index (Phi) is 11.0. The summed E-state index contributed by atoms with van der Waals surface area (Å²) >= 11 is 0. The number of aliphatic hydroxyl groups is 3. The Morgan fingerprint density at radius 3 is 2.02 bits per heavy atom. The second-order valence-corrected chi connectivity index (χ2v) is 16.6. The number of aliphatic hydroxyl groups excluding tert-OH is 2. The summed E-state index contributed by atoms with van der Waals surface area (Å²) in [6.45, 7) is 7.70. The molecule has 2 saturated carbocycles. The molecule has 0 spiro atoms. The highest BCUT2D eigenvalue weighted by Gasteiger charge is 2.72. The molecule has 0 radical (unpaired) electrons. The monoisotopic (exact) mass is 795 g/mol. The van der Waals surface area contributed by atoms with Crippen LogP contribution in [0.1, 0.15) is 79.8 Å². The van der Waals surface area contributed by atoms with Crippen LogP contribution in [0.2, 0.25) is 0 Å². The van der Waals surface area contributed by atoms with E-state index in [1.54, 1.807) is 119 Å². The fourth-order valence-corrected chi connectivity index (χ4v) is 9.73. The predicted molar refractivity (Wildman–Crippen MR) is 207 cm³/mol. The highest BCUT2D eigenvalue weighted by Crippen LogP contribution is 2.62. The zero-order valence-corrected chi connectivity index (χ0v) is 33.0. The second kappa shape index (κ2) is 15.5. The third kappa shape index (κ3) is 6.83. The minimum absolute atomic E-state index is 0.0803. The number of benzene rings is 3. The Hall–Kier alpha value is -5.21. The van der Waals surface area contributed by atoms with Gasteiger partial charge >= 0.3 is 17.9 Å². The number of ether oxygens (including phenoxy) is 4. The zero-order chi connectivity index (χ0) is 41.7. The molecule has 13 nitrogen and oxygen atoms in total. The number of Topliss-reactive ketones (excluding diaryl/α,β-unsaturated/α-hetero) is 1. The molecule has 0 aromatic heterocycles. The first kappa shape index (κ1) is 41.0. The molecule has 0 unspecified atom stereocenters. The van der Waals surface area contributed by atoms with Gasteiger partial charge in [-0.05, 0) is 54.8 Å². The van der Waals surface area contributed by atoms with Crippen molar-refractivity contribution >= 4 is 29.6 Å². The van der Waals surface area contributed by atoms with Gasteiger partial charge in [-0.15, -0.1) is 0 Å². The van der Waals surface area contributed by atoms with Crippen molar-refractivity contribution in [3.05, 3.63) is 119 Å². The topological polar surface area (TPSA) is 195 Å². The molecule has 4 aliphatic rings. The molecule has 306 valence electrons. The van der Waals surface area contributed by atoms with Crippen LogP contribution in [-0.2, 0) is 33.3 Å². The van der Waals surface area contributed by atoms with E-state index in [4.69, 9.17) is 18.9 Å². The van der Waals surface area contributed by atoms with Gasteiger partial charge in [0.1, 0.15) is 17.8 Å². The molecule has 11 atom stereocenters. The van der Waals surface area contributed by atoms with E-state index < -0.39 is 107 Å². The van der Waals surface area contributed by atoms with Gasteiger partial charge < -0.3 is 39.6 Å². The second-order valence-electron chi connectivity index (χ2n) is 16.6. The number of ketones is 1. The molecule has 58 heavy (non-hydrogen) atoms. The molecular weight excluding hydrogens is 746 g/mol. The van der Waals surface area contributed by atoms with Crippen molar-refractivity contribution in [1.29, 1.82) is 0 Å². The van der Waals surface area contributed by atoms with E-state index in [-0.39, 0.29) is 35.3 Å². The largest absolute Gasteiger partial charge is 0.456 e. The van der Waals surface area contributed by atoms with Gasteiger partial charge in [-0.2, -0.15) is 0 Å². The molecule has 4 N–H and O–H groups in total. The summed E-state index contributed by atoms with van der Waals surface area (Å²) in [5.74, 6) is -5.53.